The van der Waals surface area contributed by atoms with Gasteiger partial charge in [-0.05, 0) is 5.56 Å². The molecule has 0 aliphatic heterocycles. The fourth-order valence-electron chi connectivity index (χ4n) is 1.36. The first-order valence-electron chi connectivity index (χ1n) is 4.89. The highest BCUT2D eigenvalue weighted by Crippen LogP contribution is 2.04. The molecular formula is C11H12N4O. The summed E-state index contributed by atoms with van der Waals surface area (Å²) in [4.78, 5) is 17.4. The molecule has 0 bridgehead atoms. The van der Waals surface area contributed by atoms with Gasteiger partial charge in [-0.15, -0.1) is 0 Å². The van der Waals surface area contributed by atoms with E-state index in [1.165, 1.54) is 6.07 Å². The first-order valence-corrected chi connectivity index (χ1v) is 4.89. The molecule has 0 spiro atoms. The number of nitrogens with two attached hydrogens (primary N) is 1. The third-order valence-corrected chi connectivity index (χ3v) is 2.08. The van der Waals surface area contributed by atoms with E-state index < -0.39 is 0 Å². The monoisotopic (exact) mass is 216 g/mol. The number of hydrogen-bond acceptors (Lipinski definition) is 4. The summed E-state index contributed by atoms with van der Waals surface area (Å²) in [6, 6.07) is 11.2. The molecule has 0 aliphatic carbocycles. The summed E-state index contributed by atoms with van der Waals surface area (Å²) >= 11 is 0. The molecule has 2 rings (SSSR count). The van der Waals surface area contributed by atoms with Crippen LogP contribution in [0.4, 0.5) is 11.8 Å². The molecule has 0 amide bonds. The molecule has 1 aromatic carbocycles. The average molecular weight is 216 g/mol. The van der Waals surface area contributed by atoms with Gasteiger partial charge in [-0.25, -0.2) is 0 Å². The Morgan fingerprint density at radius 3 is 2.75 bits per heavy atom. The van der Waals surface area contributed by atoms with Gasteiger partial charge in [-0.2, -0.15) is 4.98 Å². The predicted molar refractivity (Wildman–Crippen MR) is 63.0 cm³/mol. The second-order valence-corrected chi connectivity index (χ2v) is 3.36. The quantitative estimate of drug-likeness (QED) is 0.713. The molecular weight excluding hydrogens is 204 g/mol. The largest absolute Gasteiger partial charge is 0.369 e. The van der Waals surface area contributed by atoms with Crippen molar-refractivity contribution >= 4 is 11.8 Å². The van der Waals surface area contributed by atoms with Gasteiger partial charge in [-0.3, -0.25) is 9.78 Å². The Hall–Kier alpha value is -2.30. The lowest BCUT2D eigenvalue weighted by atomic mass is 10.2. The van der Waals surface area contributed by atoms with Gasteiger partial charge >= 0.3 is 0 Å². The Bertz CT molecular complexity index is 521. The highest BCUT2D eigenvalue weighted by Gasteiger charge is 1.97. The molecule has 0 aliphatic rings. The fourth-order valence-corrected chi connectivity index (χ4v) is 1.36. The van der Waals surface area contributed by atoms with Crippen molar-refractivity contribution in [3.8, 4) is 0 Å². The van der Waals surface area contributed by atoms with Gasteiger partial charge in [0, 0.05) is 12.6 Å². The second-order valence-electron chi connectivity index (χ2n) is 3.36. The maximum absolute atomic E-state index is 11.1. The molecule has 5 nitrogen and oxygen atoms in total. The highest BCUT2D eigenvalue weighted by atomic mass is 16.1. The topological polar surface area (TPSA) is 83.8 Å². The van der Waals surface area contributed by atoms with Gasteiger partial charge in [0.15, 0.2) is 0 Å². The summed E-state index contributed by atoms with van der Waals surface area (Å²) < 4.78 is 0. The third kappa shape index (κ3) is 2.60. The first kappa shape index (κ1) is 10.2. The maximum Gasteiger partial charge on any atom is 0.254 e. The Morgan fingerprint density at radius 2 is 2.06 bits per heavy atom. The lowest BCUT2D eigenvalue weighted by Crippen LogP contribution is -2.12. The average Bonchev–Trinajstić information content (AvgIpc) is 2.27. The lowest BCUT2D eigenvalue weighted by Gasteiger charge is -2.05. The van der Waals surface area contributed by atoms with E-state index in [1.54, 1.807) is 0 Å². The number of anilines is 2. The van der Waals surface area contributed by atoms with Gasteiger partial charge in [0.2, 0.25) is 5.95 Å². The summed E-state index contributed by atoms with van der Waals surface area (Å²) in [6.45, 7) is 0.608. The molecule has 0 saturated carbocycles. The molecule has 0 saturated heterocycles. The van der Waals surface area contributed by atoms with Crippen LogP contribution in [0.1, 0.15) is 5.56 Å². The minimum absolute atomic E-state index is 0.114. The third-order valence-electron chi connectivity index (χ3n) is 2.08. The van der Waals surface area contributed by atoms with Crippen molar-refractivity contribution in [2.45, 2.75) is 6.54 Å². The number of nitrogen functional groups attached to an aromatic ring is 1. The molecule has 82 valence electrons. The van der Waals surface area contributed by atoms with Crippen molar-refractivity contribution in [2.24, 2.45) is 0 Å². The van der Waals surface area contributed by atoms with Crippen LogP contribution in [-0.4, -0.2) is 9.97 Å². The van der Waals surface area contributed by atoms with Gasteiger partial charge in [-0.1, -0.05) is 30.3 Å². The van der Waals surface area contributed by atoms with Gasteiger partial charge in [0.1, 0.15) is 5.82 Å². The van der Waals surface area contributed by atoms with E-state index in [4.69, 9.17) is 5.73 Å². The van der Waals surface area contributed by atoms with Gasteiger partial charge in [0.25, 0.3) is 5.56 Å². The maximum atomic E-state index is 11.1. The molecule has 1 aromatic heterocycles. The SMILES string of the molecule is Nc1nc(NCc2ccccc2)cc(=O)[nH]1. The number of nitrogens with one attached hydrogen (secondary N) is 2. The van der Waals surface area contributed by atoms with Crippen molar-refractivity contribution in [3.05, 3.63) is 52.3 Å². The molecule has 2 aromatic rings. The van der Waals surface area contributed by atoms with E-state index in [2.05, 4.69) is 15.3 Å². The smallest absolute Gasteiger partial charge is 0.254 e. The molecule has 1 heterocycles. The van der Waals surface area contributed by atoms with Crippen LogP contribution in [0.3, 0.4) is 0 Å². The molecule has 0 atom stereocenters. The minimum Gasteiger partial charge on any atom is -0.369 e. The number of nitrogens with zero attached hydrogens (tertiary/aromatic N) is 1. The Balaban J connectivity index is 2.08. The van der Waals surface area contributed by atoms with Crippen LogP contribution in [-0.2, 0) is 6.54 Å². The van der Waals surface area contributed by atoms with Crippen LogP contribution in [0.5, 0.6) is 0 Å². The zero-order valence-electron chi connectivity index (χ0n) is 8.60. The van der Waals surface area contributed by atoms with Crippen molar-refractivity contribution in [1.29, 1.82) is 0 Å². The summed E-state index contributed by atoms with van der Waals surface area (Å²) in [5, 5.41) is 3.03. The molecule has 0 radical (unpaired) electrons. The predicted octanol–water partition coefficient (Wildman–Crippen LogP) is 0.964. The number of aromatic amines is 1. The van der Waals surface area contributed by atoms with Crippen molar-refractivity contribution in [1.82, 2.24) is 9.97 Å². The molecule has 16 heavy (non-hydrogen) atoms. The van der Waals surface area contributed by atoms with Crippen molar-refractivity contribution in [3.63, 3.8) is 0 Å². The van der Waals surface area contributed by atoms with E-state index in [0.717, 1.165) is 5.56 Å². The lowest BCUT2D eigenvalue weighted by molar-refractivity contribution is 1.07. The second kappa shape index (κ2) is 4.48. The summed E-state index contributed by atoms with van der Waals surface area (Å²) in [7, 11) is 0. The van der Waals surface area contributed by atoms with E-state index >= 15 is 0 Å². The Labute approximate surface area is 92.3 Å². The number of rotatable bonds is 3. The van der Waals surface area contributed by atoms with Crippen LogP contribution in [0.25, 0.3) is 0 Å². The van der Waals surface area contributed by atoms with Crippen LogP contribution < -0.4 is 16.6 Å². The number of benzene rings is 1. The van der Waals surface area contributed by atoms with E-state index in [1.807, 2.05) is 30.3 Å². The van der Waals surface area contributed by atoms with Gasteiger partial charge in [0.05, 0.1) is 0 Å². The number of H-pyrrole nitrogens is 1. The standard InChI is InChI=1S/C11H12N4O/c12-11-14-9(6-10(16)15-11)13-7-8-4-2-1-3-5-8/h1-6H,7H2,(H4,12,13,14,15,16). The summed E-state index contributed by atoms with van der Waals surface area (Å²) in [5.74, 6) is 0.591. The zero-order chi connectivity index (χ0) is 11.4. The molecule has 0 fully saturated rings. The fraction of sp³-hybridized carbons (Fsp3) is 0.0909. The Morgan fingerprint density at radius 1 is 1.31 bits per heavy atom. The van der Waals surface area contributed by atoms with E-state index in [9.17, 15) is 4.79 Å². The van der Waals surface area contributed by atoms with Crippen molar-refractivity contribution in [2.75, 3.05) is 11.1 Å². The van der Waals surface area contributed by atoms with E-state index in [-0.39, 0.29) is 11.5 Å². The van der Waals surface area contributed by atoms with Crippen LogP contribution in [0.15, 0.2) is 41.2 Å². The molecule has 5 heteroatoms. The highest BCUT2D eigenvalue weighted by molar-refractivity contribution is 5.38. The van der Waals surface area contributed by atoms with Gasteiger partial charge < -0.3 is 11.1 Å². The molecule has 4 N–H and O–H groups in total. The summed E-state index contributed by atoms with van der Waals surface area (Å²) in [5.41, 5.74) is 6.27. The van der Waals surface area contributed by atoms with Crippen LogP contribution >= 0.6 is 0 Å². The molecule has 0 unspecified atom stereocenters. The van der Waals surface area contributed by atoms with Crippen LogP contribution in [0.2, 0.25) is 0 Å². The minimum atomic E-state index is -0.261. The normalized spacial score (nSPS) is 10.0. The zero-order valence-corrected chi connectivity index (χ0v) is 8.60. The summed E-state index contributed by atoms with van der Waals surface area (Å²) in [6.07, 6.45) is 0. The number of aromatic nitrogens is 2. The van der Waals surface area contributed by atoms with Crippen molar-refractivity contribution < 1.29 is 0 Å². The van der Waals surface area contributed by atoms with E-state index in [0.29, 0.717) is 12.4 Å². The Kier molecular flexibility index (Phi) is 2.86. The van der Waals surface area contributed by atoms with Crippen LogP contribution in [0, 0.1) is 0 Å². The first-order chi connectivity index (χ1) is 7.74. The number of hydrogen-bond donors (Lipinski definition) is 3.